The zero-order chi connectivity index (χ0) is 17.4. The minimum absolute atomic E-state index is 0.276. The molecule has 0 unspecified atom stereocenters. The SMILES string of the molecule is Cc1ccc(NC2=N/C(=C\c3ccc4ncsc4c3)C(=O)N2)cc1F. The van der Waals surface area contributed by atoms with Gasteiger partial charge in [-0.1, -0.05) is 12.1 Å². The quantitative estimate of drug-likeness (QED) is 0.692. The van der Waals surface area contributed by atoms with E-state index in [-0.39, 0.29) is 17.7 Å². The van der Waals surface area contributed by atoms with Gasteiger partial charge in [-0.05, 0) is 48.4 Å². The van der Waals surface area contributed by atoms with E-state index in [2.05, 4.69) is 20.6 Å². The van der Waals surface area contributed by atoms with Gasteiger partial charge in [0.05, 0.1) is 15.7 Å². The maximum Gasteiger partial charge on any atom is 0.276 e. The number of benzene rings is 2. The topological polar surface area (TPSA) is 66.4 Å². The van der Waals surface area contributed by atoms with Crippen molar-refractivity contribution in [2.24, 2.45) is 4.99 Å². The first-order chi connectivity index (χ1) is 12.1. The maximum atomic E-state index is 13.6. The van der Waals surface area contributed by atoms with E-state index >= 15 is 0 Å². The van der Waals surface area contributed by atoms with Crippen molar-refractivity contribution in [1.29, 1.82) is 0 Å². The number of carbonyl (C=O) groups excluding carboxylic acids is 1. The molecule has 5 nitrogen and oxygen atoms in total. The fourth-order valence-corrected chi connectivity index (χ4v) is 3.18. The number of hydrogen-bond donors (Lipinski definition) is 2. The van der Waals surface area contributed by atoms with Gasteiger partial charge in [0.1, 0.15) is 11.5 Å². The van der Waals surface area contributed by atoms with Crippen molar-refractivity contribution in [1.82, 2.24) is 10.3 Å². The van der Waals surface area contributed by atoms with Crippen LogP contribution in [-0.4, -0.2) is 16.9 Å². The minimum Gasteiger partial charge on any atom is -0.326 e. The van der Waals surface area contributed by atoms with E-state index in [0.717, 1.165) is 15.8 Å². The minimum atomic E-state index is -0.316. The summed E-state index contributed by atoms with van der Waals surface area (Å²) >= 11 is 1.54. The van der Waals surface area contributed by atoms with Crippen LogP contribution in [0.25, 0.3) is 16.3 Å². The molecule has 0 radical (unpaired) electrons. The van der Waals surface area contributed by atoms with Crippen molar-refractivity contribution in [3.05, 3.63) is 64.5 Å². The fraction of sp³-hybridized carbons (Fsp3) is 0.0556. The first-order valence-corrected chi connectivity index (χ1v) is 8.45. The summed E-state index contributed by atoms with van der Waals surface area (Å²) in [5, 5.41) is 5.55. The smallest absolute Gasteiger partial charge is 0.276 e. The molecule has 2 heterocycles. The summed E-state index contributed by atoms with van der Waals surface area (Å²) in [6.07, 6.45) is 1.71. The highest BCUT2D eigenvalue weighted by molar-refractivity contribution is 7.16. The van der Waals surface area contributed by atoms with Gasteiger partial charge in [-0.3, -0.25) is 10.1 Å². The van der Waals surface area contributed by atoms with Crippen LogP contribution in [0.1, 0.15) is 11.1 Å². The first-order valence-electron chi connectivity index (χ1n) is 7.57. The highest BCUT2D eigenvalue weighted by atomic mass is 32.1. The van der Waals surface area contributed by atoms with Crippen LogP contribution in [0.4, 0.5) is 10.1 Å². The van der Waals surface area contributed by atoms with E-state index in [1.54, 1.807) is 42.0 Å². The summed E-state index contributed by atoms with van der Waals surface area (Å²) in [5.41, 5.74) is 4.95. The summed E-state index contributed by atoms with van der Waals surface area (Å²) in [6.45, 7) is 1.69. The number of aryl methyl sites for hydroxylation is 1. The number of nitrogens with zero attached hydrogens (tertiary/aromatic N) is 2. The molecular weight excluding hydrogens is 339 g/mol. The van der Waals surface area contributed by atoms with Gasteiger partial charge in [-0.2, -0.15) is 0 Å². The molecule has 0 fully saturated rings. The predicted octanol–water partition coefficient (Wildman–Crippen LogP) is 3.68. The Morgan fingerprint density at radius 3 is 2.96 bits per heavy atom. The van der Waals surface area contributed by atoms with Crippen molar-refractivity contribution in [3.8, 4) is 0 Å². The van der Waals surface area contributed by atoms with E-state index in [9.17, 15) is 9.18 Å². The molecule has 0 bridgehead atoms. The second-order valence-corrected chi connectivity index (χ2v) is 6.50. The van der Waals surface area contributed by atoms with Gasteiger partial charge in [-0.15, -0.1) is 11.3 Å². The number of amides is 1. The lowest BCUT2D eigenvalue weighted by atomic mass is 10.2. The average Bonchev–Trinajstić information content (AvgIpc) is 3.17. The third-order valence-corrected chi connectivity index (χ3v) is 4.58. The molecule has 0 atom stereocenters. The predicted molar refractivity (Wildman–Crippen MR) is 97.9 cm³/mol. The third-order valence-electron chi connectivity index (χ3n) is 3.79. The number of fused-ring (bicyclic) bond motifs is 1. The molecule has 0 saturated heterocycles. The van der Waals surface area contributed by atoms with Crippen molar-refractivity contribution in [2.75, 3.05) is 5.32 Å². The van der Waals surface area contributed by atoms with Gasteiger partial charge < -0.3 is 5.32 Å². The van der Waals surface area contributed by atoms with E-state index in [4.69, 9.17) is 0 Å². The van der Waals surface area contributed by atoms with Crippen LogP contribution in [0.15, 0.2) is 52.6 Å². The molecule has 124 valence electrons. The Hall–Kier alpha value is -3.06. The maximum absolute atomic E-state index is 13.6. The molecule has 1 amide bonds. The number of aliphatic imine (C=N–C) groups is 1. The number of halogens is 1. The average molecular weight is 352 g/mol. The standard InChI is InChI=1S/C18H13FN4OS/c1-10-2-4-12(8-13(10)19)21-18-22-15(17(24)23-18)6-11-3-5-14-16(7-11)25-9-20-14/h2-9H,1H3,(H2,21,22,23,24)/b15-6-. The Labute approximate surface area is 146 Å². The Morgan fingerprint density at radius 1 is 1.24 bits per heavy atom. The largest absolute Gasteiger partial charge is 0.326 e. The molecule has 0 spiro atoms. The molecule has 1 aliphatic rings. The summed E-state index contributed by atoms with van der Waals surface area (Å²) in [6, 6.07) is 10.5. The van der Waals surface area contributed by atoms with Gasteiger partial charge in [0.25, 0.3) is 5.91 Å². The lowest BCUT2D eigenvalue weighted by Crippen LogP contribution is -2.30. The second-order valence-electron chi connectivity index (χ2n) is 5.61. The molecule has 1 aliphatic heterocycles. The number of guanidine groups is 1. The van der Waals surface area contributed by atoms with Crippen LogP contribution in [0, 0.1) is 12.7 Å². The molecule has 3 aromatic rings. The Bertz CT molecular complexity index is 1050. The summed E-state index contributed by atoms with van der Waals surface area (Å²) in [7, 11) is 0. The zero-order valence-electron chi connectivity index (χ0n) is 13.2. The highest BCUT2D eigenvalue weighted by Crippen LogP contribution is 2.22. The Morgan fingerprint density at radius 2 is 2.12 bits per heavy atom. The van der Waals surface area contributed by atoms with Crippen LogP contribution < -0.4 is 10.6 Å². The van der Waals surface area contributed by atoms with Crippen LogP contribution >= 0.6 is 11.3 Å². The lowest BCUT2D eigenvalue weighted by molar-refractivity contribution is -0.115. The number of thiazole rings is 1. The van der Waals surface area contributed by atoms with Crippen LogP contribution in [0.5, 0.6) is 0 Å². The van der Waals surface area contributed by atoms with Crippen molar-refractivity contribution < 1.29 is 9.18 Å². The molecule has 2 N–H and O–H groups in total. The number of aromatic nitrogens is 1. The lowest BCUT2D eigenvalue weighted by Gasteiger charge is -2.06. The van der Waals surface area contributed by atoms with E-state index < -0.39 is 0 Å². The number of carbonyl (C=O) groups is 1. The molecular formula is C18H13FN4OS. The Kier molecular flexibility index (Phi) is 3.77. The van der Waals surface area contributed by atoms with Crippen molar-refractivity contribution >= 4 is 45.2 Å². The highest BCUT2D eigenvalue weighted by Gasteiger charge is 2.20. The van der Waals surface area contributed by atoms with Gasteiger partial charge in [0.15, 0.2) is 0 Å². The van der Waals surface area contributed by atoms with Crippen molar-refractivity contribution in [3.63, 3.8) is 0 Å². The summed E-state index contributed by atoms with van der Waals surface area (Å²) < 4.78 is 14.7. The van der Waals surface area contributed by atoms with E-state index in [1.807, 2.05) is 18.2 Å². The number of hydrogen-bond acceptors (Lipinski definition) is 5. The summed E-state index contributed by atoms with van der Waals surface area (Å²) in [5.74, 6) is -0.346. The molecule has 0 saturated carbocycles. The number of rotatable bonds is 2. The molecule has 7 heteroatoms. The molecule has 0 aliphatic carbocycles. The third kappa shape index (κ3) is 3.14. The monoisotopic (exact) mass is 352 g/mol. The van der Waals surface area contributed by atoms with Crippen LogP contribution in [-0.2, 0) is 4.79 Å². The molecule has 2 aromatic carbocycles. The van der Waals surface area contributed by atoms with Gasteiger partial charge in [0, 0.05) is 5.69 Å². The zero-order valence-corrected chi connectivity index (χ0v) is 14.0. The van der Waals surface area contributed by atoms with Gasteiger partial charge in [-0.25, -0.2) is 14.4 Å². The van der Waals surface area contributed by atoms with Gasteiger partial charge in [0.2, 0.25) is 5.96 Å². The molecule has 25 heavy (non-hydrogen) atoms. The second kappa shape index (κ2) is 6.10. The first kappa shape index (κ1) is 15.5. The van der Waals surface area contributed by atoms with E-state index in [1.165, 1.54) is 6.07 Å². The van der Waals surface area contributed by atoms with Gasteiger partial charge >= 0.3 is 0 Å². The number of anilines is 1. The fourth-order valence-electron chi connectivity index (χ4n) is 2.45. The number of nitrogens with one attached hydrogen (secondary N) is 2. The van der Waals surface area contributed by atoms with Crippen LogP contribution in [0.2, 0.25) is 0 Å². The molecule has 4 rings (SSSR count). The summed E-state index contributed by atoms with van der Waals surface area (Å²) in [4.78, 5) is 20.6. The van der Waals surface area contributed by atoms with E-state index in [0.29, 0.717) is 16.9 Å². The normalized spacial score (nSPS) is 15.5. The van der Waals surface area contributed by atoms with Crippen LogP contribution in [0.3, 0.4) is 0 Å². The van der Waals surface area contributed by atoms with Crippen molar-refractivity contribution in [2.45, 2.75) is 6.92 Å². The molecule has 1 aromatic heterocycles. The Balaban J connectivity index is 1.59.